The average Bonchev–Trinajstić information content (AvgIpc) is 3.02. The van der Waals surface area contributed by atoms with Gasteiger partial charge in [-0.05, 0) is 44.1 Å². The summed E-state index contributed by atoms with van der Waals surface area (Å²) in [5, 5.41) is 1.22. The molecular formula is C13H24BrN. The van der Waals surface area contributed by atoms with Crippen LogP contribution < -0.4 is 0 Å². The molecule has 15 heavy (non-hydrogen) atoms. The van der Waals surface area contributed by atoms with Crippen LogP contribution in [0.2, 0.25) is 0 Å². The maximum absolute atomic E-state index is 3.69. The summed E-state index contributed by atoms with van der Waals surface area (Å²) in [5.41, 5.74) is 0.670. The van der Waals surface area contributed by atoms with E-state index in [1.165, 1.54) is 63.4 Å². The molecule has 2 rings (SSSR count). The Hall–Kier alpha value is 0.440. The van der Waals surface area contributed by atoms with Gasteiger partial charge in [-0.2, -0.15) is 0 Å². The molecule has 1 saturated heterocycles. The van der Waals surface area contributed by atoms with E-state index in [4.69, 9.17) is 0 Å². The Balaban J connectivity index is 1.87. The molecule has 0 amide bonds. The Morgan fingerprint density at radius 3 is 2.73 bits per heavy atom. The van der Waals surface area contributed by atoms with E-state index in [-0.39, 0.29) is 0 Å². The molecule has 1 heterocycles. The van der Waals surface area contributed by atoms with Gasteiger partial charge in [0.25, 0.3) is 0 Å². The monoisotopic (exact) mass is 273 g/mol. The van der Waals surface area contributed by atoms with Crippen LogP contribution in [0, 0.1) is 5.41 Å². The van der Waals surface area contributed by atoms with Crippen LogP contribution in [0.4, 0.5) is 0 Å². The summed E-state index contributed by atoms with van der Waals surface area (Å²) < 4.78 is 0. The van der Waals surface area contributed by atoms with Gasteiger partial charge >= 0.3 is 0 Å². The largest absolute Gasteiger partial charge is 0.300 e. The molecular weight excluding hydrogens is 250 g/mol. The third-order valence-electron chi connectivity index (χ3n) is 4.15. The van der Waals surface area contributed by atoms with Crippen LogP contribution in [-0.2, 0) is 0 Å². The first-order valence-electron chi connectivity index (χ1n) is 6.60. The first kappa shape index (κ1) is 11.9. The van der Waals surface area contributed by atoms with Crippen molar-refractivity contribution in [3.63, 3.8) is 0 Å². The molecule has 1 aliphatic heterocycles. The molecule has 0 radical (unpaired) electrons. The third kappa shape index (κ3) is 2.97. The van der Waals surface area contributed by atoms with Gasteiger partial charge in [0.05, 0.1) is 0 Å². The second kappa shape index (κ2) is 5.18. The van der Waals surface area contributed by atoms with Gasteiger partial charge in [0.15, 0.2) is 0 Å². The molecule has 0 bridgehead atoms. The Morgan fingerprint density at radius 1 is 1.33 bits per heavy atom. The molecule has 0 aromatic rings. The van der Waals surface area contributed by atoms with Crippen molar-refractivity contribution < 1.29 is 0 Å². The van der Waals surface area contributed by atoms with Crippen molar-refractivity contribution in [2.24, 2.45) is 5.41 Å². The molecule has 2 fully saturated rings. The number of rotatable bonds is 5. The second-order valence-electron chi connectivity index (χ2n) is 5.54. The lowest BCUT2D eigenvalue weighted by Gasteiger charge is -2.38. The van der Waals surface area contributed by atoms with Gasteiger partial charge in [-0.3, -0.25) is 4.90 Å². The fourth-order valence-corrected chi connectivity index (χ4v) is 3.61. The first-order chi connectivity index (χ1) is 7.29. The summed E-state index contributed by atoms with van der Waals surface area (Å²) >= 11 is 3.69. The topological polar surface area (TPSA) is 3.24 Å². The van der Waals surface area contributed by atoms with E-state index in [1.807, 2.05) is 0 Å². The van der Waals surface area contributed by atoms with Crippen molar-refractivity contribution in [3.05, 3.63) is 0 Å². The highest BCUT2D eigenvalue weighted by molar-refractivity contribution is 9.09. The standard InChI is InChI=1S/C13H24BrN/c1-2-5-12-6-3-4-9-15(12)11-13(10-14)7-8-13/h12H,2-11H2,1H3. The number of nitrogens with zero attached hydrogens (tertiary/aromatic N) is 1. The Kier molecular flexibility index (Phi) is 4.11. The highest BCUT2D eigenvalue weighted by Gasteiger charge is 2.43. The summed E-state index contributed by atoms with van der Waals surface area (Å²) in [6.07, 6.45) is 10.0. The van der Waals surface area contributed by atoms with Crippen molar-refractivity contribution in [2.75, 3.05) is 18.4 Å². The summed E-state index contributed by atoms with van der Waals surface area (Å²) in [6, 6.07) is 0.903. The van der Waals surface area contributed by atoms with Crippen LogP contribution in [0.15, 0.2) is 0 Å². The van der Waals surface area contributed by atoms with Crippen LogP contribution in [-0.4, -0.2) is 29.4 Å². The fraction of sp³-hybridized carbons (Fsp3) is 1.00. The fourth-order valence-electron chi connectivity index (χ4n) is 2.87. The number of likely N-dealkylation sites (tertiary alicyclic amines) is 1. The summed E-state index contributed by atoms with van der Waals surface area (Å²) in [6.45, 7) is 5.05. The predicted octanol–water partition coefficient (Wildman–Crippen LogP) is 3.82. The Morgan fingerprint density at radius 2 is 2.13 bits per heavy atom. The third-order valence-corrected chi connectivity index (χ3v) is 5.34. The smallest absolute Gasteiger partial charge is 0.0100 e. The van der Waals surface area contributed by atoms with Crippen LogP contribution >= 0.6 is 15.9 Å². The molecule has 0 N–H and O–H groups in total. The minimum absolute atomic E-state index is 0.670. The molecule has 1 aliphatic carbocycles. The summed E-state index contributed by atoms with van der Waals surface area (Å²) in [7, 11) is 0. The highest BCUT2D eigenvalue weighted by atomic mass is 79.9. The van der Waals surface area contributed by atoms with E-state index in [2.05, 4.69) is 27.8 Å². The minimum Gasteiger partial charge on any atom is -0.300 e. The second-order valence-corrected chi connectivity index (χ2v) is 6.10. The molecule has 2 heteroatoms. The highest BCUT2D eigenvalue weighted by Crippen LogP contribution is 2.48. The maximum atomic E-state index is 3.69. The lowest BCUT2D eigenvalue weighted by Crippen LogP contribution is -2.43. The molecule has 1 nitrogen and oxygen atoms in total. The van der Waals surface area contributed by atoms with Gasteiger partial charge in [0, 0.05) is 17.9 Å². The number of alkyl halides is 1. The van der Waals surface area contributed by atoms with E-state index < -0.39 is 0 Å². The molecule has 88 valence electrons. The molecule has 1 unspecified atom stereocenters. The average molecular weight is 274 g/mol. The van der Waals surface area contributed by atoms with E-state index in [9.17, 15) is 0 Å². The number of piperidine rings is 1. The predicted molar refractivity (Wildman–Crippen MR) is 69.6 cm³/mol. The Bertz CT molecular complexity index is 199. The van der Waals surface area contributed by atoms with E-state index >= 15 is 0 Å². The number of hydrogen-bond donors (Lipinski definition) is 0. The molecule has 1 saturated carbocycles. The lowest BCUT2D eigenvalue weighted by molar-refractivity contribution is 0.117. The number of hydrogen-bond acceptors (Lipinski definition) is 1. The summed E-state index contributed by atoms with van der Waals surface area (Å²) in [4.78, 5) is 2.79. The normalized spacial score (nSPS) is 30.4. The molecule has 0 spiro atoms. The van der Waals surface area contributed by atoms with Crippen molar-refractivity contribution in [1.82, 2.24) is 4.90 Å². The lowest BCUT2D eigenvalue weighted by atomic mass is 9.96. The zero-order chi connectivity index (χ0) is 10.7. The molecule has 2 aliphatic rings. The van der Waals surface area contributed by atoms with Gasteiger partial charge in [-0.1, -0.05) is 35.7 Å². The zero-order valence-electron chi connectivity index (χ0n) is 9.97. The van der Waals surface area contributed by atoms with E-state index in [0.717, 1.165) is 6.04 Å². The van der Waals surface area contributed by atoms with Crippen molar-refractivity contribution in [3.8, 4) is 0 Å². The Labute approximate surface area is 103 Å². The first-order valence-corrected chi connectivity index (χ1v) is 7.72. The van der Waals surface area contributed by atoms with Crippen LogP contribution in [0.3, 0.4) is 0 Å². The molecule has 1 atom stereocenters. The van der Waals surface area contributed by atoms with E-state index in [0.29, 0.717) is 5.41 Å². The SMILES string of the molecule is CCCC1CCCCN1CC1(CBr)CC1. The van der Waals surface area contributed by atoms with Crippen LogP contribution in [0.5, 0.6) is 0 Å². The van der Waals surface area contributed by atoms with Gasteiger partial charge < -0.3 is 0 Å². The van der Waals surface area contributed by atoms with Gasteiger partial charge in [-0.15, -0.1) is 0 Å². The van der Waals surface area contributed by atoms with Crippen LogP contribution in [0.25, 0.3) is 0 Å². The van der Waals surface area contributed by atoms with Crippen molar-refractivity contribution >= 4 is 15.9 Å². The van der Waals surface area contributed by atoms with Gasteiger partial charge in [0.1, 0.15) is 0 Å². The van der Waals surface area contributed by atoms with Gasteiger partial charge in [-0.25, -0.2) is 0 Å². The quantitative estimate of drug-likeness (QED) is 0.689. The van der Waals surface area contributed by atoms with Crippen molar-refractivity contribution in [1.29, 1.82) is 0 Å². The molecule has 0 aromatic carbocycles. The molecule has 0 aromatic heterocycles. The van der Waals surface area contributed by atoms with E-state index in [1.54, 1.807) is 0 Å². The zero-order valence-corrected chi connectivity index (χ0v) is 11.6. The maximum Gasteiger partial charge on any atom is 0.0100 e. The van der Waals surface area contributed by atoms with Gasteiger partial charge in [0.2, 0.25) is 0 Å². The summed E-state index contributed by atoms with van der Waals surface area (Å²) in [5.74, 6) is 0. The van der Waals surface area contributed by atoms with Crippen LogP contribution in [0.1, 0.15) is 51.9 Å². The minimum atomic E-state index is 0.670. The number of halogens is 1. The van der Waals surface area contributed by atoms with Crippen molar-refractivity contribution in [2.45, 2.75) is 57.9 Å².